The van der Waals surface area contributed by atoms with Crippen molar-refractivity contribution in [3.8, 4) is 5.75 Å². The van der Waals surface area contributed by atoms with Crippen LogP contribution in [0.25, 0.3) is 0 Å². The van der Waals surface area contributed by atoms with Gasteiger partial charge in [-0.05, 0) is 25.5 Å². The SMILES string of the molecule is CCCC(C)(N)C(=O)N1CCN(CCOc2ccccc2)CC1.Cl. The third-order valence-corrected chi connectivity index (χ3v) is 4.34. The van der Waals surface area contributed by atoms with Crippen LogP contribution >= 0.6 is 12.4 Å². The number of benzene rings is 1. The Morgan fingerprint density at radius 1 is 1.21 bits per heavy atom. The molecular formula is C18H30ClN3O2. The molecule has 0 saturated carbocycles. The van der Waals surface area contributed by atoms with Crippen LogP contribution in [-0.2, 0) is 4.79 Å². The smallest absolute Gasteiger partial charge is 0.242 e. The van der Waals surface area contributed by atoms with Gasteiger partial charge in [-0.1, -0.05) is 31.5 Å². The van der Waals surface area contributed by atoms with Crippen molar-refractivity contribution in [2.24, 2.45) is 5.73 Å². The van der Waals surface area contributed by atoms with Gasteiger partial charge in [0, 0.05) is 32.7 Å². The fourth-order valence-electron chi connectivity index (χ4n) is 2.97. The van der Waals surface area contributed by atoms with Crippen LogP contribution in [-0.4, -0.2) is 60.6 Å². The largest absolute Gasteiger partial charge is 0.492 e. The lowest BCUT2D eigenvalue weighted by Gasteiger charge is -2.38. The van der Waals surface area contributed by atoms with Gasteiger partial charge in [0.05, 0.1) is 5.54 Å². The highest BCUT2D eigenvalue weighted by molar-refractivity contribution is 5.86. The summed E-state index contributed by atoms with van der Waals surface area (Å²) in [7, 11) is 0. The Labute approximate surface area is 151 Å². The van der Waals surface area contributed by atoms with Crippen LogP contribution in [0.15, 0.2) is 30.3 Å². The van der Waals surface area contributed by atoms with Gasteiger partial charge in [0.2, 0.25) is 5.91 Å². The normalized spacial score (nSPS) is 17.7. The van der Waals surface area contributed by atoms with Gasteiger partial charge in [0.25, 0.3) is 0 Å². The number of amides is 1. The maximum absolute atomic E-state index is 12.5. The number of rotatable bonds is 7. The molecule has 1 fully saturated rings. The van der Waals surface area contributed by atoms with E-state index in [1.165, 1.54) is 0 Å². The number of hydrogen-bond donors (Lipinski definition) is 1. The van der Waals surface area contributed by atoms with E-state index in [9.17, 15) is 4.79 Å². The van der Waals surface area contributed by atoms with Gasteiger partial charge in [-0.15, -0.1) is 12.4 Å². The second kappa shape index (κ2) is 9.87. The molecule has 2 rings (SSSR count). The van der Waals surface area contributed by atoms with Gasteiger partial charge in [0.1, 0.15) is 12.4 Å². The Balaban J connectivity index is 0.00000288. The van der Waals surface area contributed by atoms with E-state index >= 15 is 0 Å². The maximum Gasteiger partial charge on any atom is 0.242 e. The van der Waals surface area contributed by atoms with Crippen molar-refractivity contribution < 1.29 is 9.53 Å². The highest BCUT2D eigenvalue weighted by Crippen LogP contribution is 2.15. The summed E-state index contributed by atoms with van der Waals surface area (Å²) in [6.07, 6.45) is 1.66. The number of para-hydroxylation sites is 1. The van der Waals surface area contributed by atoms with Crippen LogP contribution in [0.4, 0.5) is 0 Å². The first-order valence-electron chi connectivity index (χ1n) is 8.51. The highest BCUT2D eigenvalue weighted by Gasteiger charge is 2.33. The molecule has 24 heavy (non-hydrogen) atoms. The number of halogens is 1. The zero-order valence-electron chi connectivity index (χ0n) is 14.7. The quantitative estimate of drug-likeness (QED) is 0.814. The zero-order chi connectivity index (χ0) is 16.7. The summed E-state index contributed by atoms with van der Waals surface area (Å²) in [5.41, 5.74) is 5.43. The molecule has 1 aliphatic rings. The second-order valence-corrected chi connectivity index (χ2v) is 6.46. The lowest BCUT2D eigenvalue weighted by atomic mass is 9.95. The van der Waals surface area contributed by atoms with Crippen molar-refractivity contribution >= 4 is 18.3 Å². The van der Waals surface area contributed by atoms with Gasteiger partial charge in [-0.2, -0.15) is 0 Å². The minimum atomic E-state index is -0.729. The molecule has 0 aromatic heterocycles. The van der Waals surface area contributed by atoms with Crippen LogP contribution in [0.2, 0.25) is 0 Å². The molecule has 2 N–H and O–H groups in total. The highest BCUT2D eigenvalue weighted by atomic mass is 35.5. The van der Waals surface area contributed by atoms with Crippen LogP contribution in [0.1, 0.15) is 26.7 Å². The number of carbonyl (C=O) groups is 1. The molecule has 0 spiro atoms. The van der Waals surface area contributed by atoms with Crippen LogP contribution in [0.3, 0.4) is 0 Å². The minimum absolute atomic E-state index is 0. The van der Waals surface area contributed by atoms with E-state index in [0.29, 0.717) is 6.61 Å². The summed E-state index contributed by atoms with van der Waals surface area (Å²) >= 11 is 0. The molecule has 1 aliphatic heterocycles. The number of ether oxygens (including phenoxy) is 1. The number of hydrogen-bond acceptors (Lipinski definition) is 4. The predicted octanol–water partition coefficient (Wildman–Crippen LogP) is 2.15. The van der Waals surface area contributed by atoms with E-state index in [1.54, 1.807) is 0 Å². The van der Waals surface area contributed by atoms with E-state index in [2.05, 4.69) is 11.8 Å². The van der Waals surface area contributed by atoms with Gasteiger partial charge in [-0.3, -0.25) is 9.69 Å². The van der Waals surface area contributed by atoms with Gasteiger partial charge >= 0.3 is 0 Å². The van der Waals surface area contributed by atoms with Crippen molar-refractivity contribution in [1.29, 1.82) is 0 Å². The molecule has 6 heteroatoms. The summed E-state index contributed by atoms with van der Waals surface area (Å²) in [5, 5.41) is 0. The summed E-state index contributed by atoms with van der Waals surface area (Å²) in [5.74, 6) is 0.985. The number of carbonyl (C=O) groups excluding carboxylic acids is 1. The molecule has 1 aromatic rings. The molecular weight excluding hydrogens is 326 g/mol. The van der Waals surface area contributed by atoms with Crippen LogP contribution in [0.5, 0.6) is 5.75 Å². The number of piperazine rings is 1. The average molecular weight is 356 g/mol. The first-order chi connectivity index (χ1) is 11.0. The van der Waals surface area contributed by atoms with E-state index in [0.717, 1.165) is 51.3 Å². The third-order valence-electron chi connectivity index (χ3n) is 4.34. The molecule has 1 aromatic carbocycles. The zero-order valence-corrected chi connectivity index (χ0v) is 15.6. The van der Waals surface area contributed by atoms with Crippen molar-refractivity contribution in [2.75, 3.05) is 39.3 Å². The van der Waals surface area contributed by atoms with Crippen LogP contribution in [0, 0.1) is 0 Å². The van der Waals surface area contributed by atoms with Gasteiger partial charge < -0.3 is 15.4 Å². The topological polar surface area (TPSA) is 58.8 Å². The number of nitrogens with zero attached hydrogens (tertiary/aromatic N) is 2. The fourth-order valence-corrected chi connectivity index (χ4v) is 2.97. The van der Waals surface area contributed by atoms with Crippen molar-refractivity contribution in [2.45, 2.75) is 32.2 Å². The van der Waals surface area contributed by atoms with E-state index < -0.39 is 5.54 Å². The summed E-state index contributed by atoms with van der Waals surface area (Å²) in [6, 6.07) is 9.85. The predicted molar refractivity (Wildman–Crippen MR) is 99.7 cm³/mol. The van der Waals surface area contributed by atoms with Gasteiger partial charge in [-0.25, -0.2) is 0 Å². The van der Waals surface area contributed by atoms with E-state index in [4.69, 9.17) is 10.5 Å². The molecule has 5 nitrogen and oxygen atoms in total. The number of nitrogens with two attached hydrogens (primary N) is 1. The average Bonchev–Trinajstić information content (AvgIpc) is 2.56. The summed E-state index contributed by atoms with van der Waals surface area (Å²) < 4.78 is 5.73. The van der Waals surface area contributed by atoms with E-state index in [1.807, 2.05) is 42.2 Å². The second-order valence-electron chi connectivity index (χ2n) is 6.46. The van der Waals surface area contributed by atoms with Crippen molar-refractivity contribution in [3.63, 3.8) is 0 Å². The molecule has 0 aliphatic carbocycles. The standard InChI is InChI=1S/C18H29N3O2.ClH/c1-3-9-18(2,19)17(22)21-12-10-20(11-13-21)14-15-23-16-7-5-4-6-8-16;/h4-8H,3,9-15,19H2,1-2H3;1H. The molecule has 1 unspecified atom stereocenters. The minimum Gasteiger partial charge on any atom is -0.492 e. The molecule has 1 heterocycles. The molecule has 0 radical (unpaired) electrons. The Morgan fingerprint density at radius 2 is 1.83 bits per heavy atom. The van der Waals surface area contributed by atoms with Crippen molar-refractivity contribution in [3.05, 3.63) is 30.3 Å². The monoisotopic (exact) mass is 355 g/mol. The molecule has 1 amide bonds. The summed E-state index contributed by atoms with van der Waals surface area (Å²) in [4.78, 5) is 16.7. The molecule has 1 atom stereocenters. The Kier molecular flexibility index (Phi) is 8.53. The van der Waals surface area contributed by atoms with E-state index in [-0.39, 0.29) is 18.3 Å². The first-order valence-corrected chi connectivity index (χ1v) is 8.51. The molecule has 136 valence electrons. The Hall–Kier alpha value is -1.30. The van der Waals surface area contributed by atoms with Crippen molar-refractivity contribution in [1.82, 2.24) is 9.80 Å². The molecule has 1 saturated heterocycles. The Bertz CT molecular complexity index is 488. The van der Waals surface area contributed by atoms with Gasteiger partial charge in [0.15, 0.2) is 0 Å². The third kappa shape index (κ3) is 5.96. The Morgan fingerprint density at radius 3 is 2.42 bits per heavy atom. The lowest BCUT2D eigenvalue weighted by molar-refractivity contribution is -0.138. The molecule has 0 bridgehead atoms. The maximum atomic E-state index is 12.5. The lowest BCUT2D eigenvalue weighted by Crippen LogP contribution is -2.58. The fraction of sp³-hybridized carbons (Fsp3) is 0.611. The van der Waals surface area contributed by atoms with Crippen LogP contribution < -0.4 is 10.5 Å². The first kappa shape index (κ1) is 20.7. The summed E-state index contributed by atoms with van der Waals surface area (Å²) in [6.45, 7) is 8.72.